The molecule has 1 aliphatic heterocycles. The van der Waals surface area contributed by atoms with Crippen molar-refractivity contribution in [1.29, 1.82) is 0 Å². The highest BCUT2D eigenvalue weighted by Crippen LogP contribution is 2.32. The molecule has 1 heterocycles. The Balaban J connectivity index is 2.43. The maximum Gasteiger partial charge on any atom is 0.238 e. The minimum atomic E-state index is -3.71. The first-order chi connectivity index (χ1) is 9.29. The van der Waals surface area contributed by atoms with Gasteiger partial charge in [-0.05, 0) is 36.1 Å². The molecule has 5 nitrogen and oxygen atoms in total. The molecule has 2 rings (SSSR count). The van der Waals surface area contributed by atoms with Crippen LogP contribution >= 0.6 is 0 Å². The Labute approximate surface area is 120 Å². The summed E-state index contributed by atoms with van der Waals surface area (Å²) < 4.78 is 34.5. The first-order valence-corrected chi connectivity index (χ1v) is 8.25. The van der Waals surface area contributed by atoms with Gasteiger partial charge in [0.2, 0.25) is 10.0 Å². The van der Waals surface area contributed by atoms with Crippen molar-refractivity contribution in [2.75, 3.05) is 13.2 Å². The summed E-state index contributed by atoms with van der Waals surface area (Å²) in [4.78, 5) is 0.163. The summed E-state index contributed by atoms with van der Waals surface area (Å²) in [5.74, 6) is 0.869. The van der Waals surface area contributed by atoms with Crippen molar-refractivity contribution in [1.82, 2.24) is 0 Å². The summed E-state index contributed by atoms with van der Waals surface area (Å²) in [5, 5.41) is 5.25. The zero-order chi connectivity index (χ0) is 14.9. The van der Waals surface area contributed by atoms with Crippen LogP contribution in [0.3, 0.4) is 0 Å². The van der Waals surface area contributed by atoms with E-state index < -0.39 is 10.0 Å². The molecular weight excluding hydrogens is 278 g/mol. The van der Waals surface area contributed by atoms with Crippen LogP contribution in [0, 0.1) is 6.92 Å². The van der Waals surface area contributed by atoms with Gasteiger partial charge in [-0.25, -0.2) is 13.6 Å². The molecule has 1 aromatic carbocycles. The quantitative estimate of drug-likeness (QED) is 0.921. The van der Waals surface area contributed by atoms with E-state index in [0.29, 0.717) is 18.8 Å². The van der Waals surface area contributed by atoms with Gasteiger partial charge >= 0.3 is 0 Å². The Morgan fingerprint density at radius 3 is 2.60 bits per heavy atom. The first-order valence-electron chi connectivity index (χ1n) is 6.70. The highest BCUT2D eigenvalue weighted by atomic mass is 32.2. The lowest BCUT2D eigenvalue weighted by Crippen LogP contribution is -2.18. The van der Waals surface area contributed by atoms with E-state index in [1.54, 1.807) is 19.1 Å². The Bertz CT molecular complexity index is 589. The van der Waals surface area contributed by atoms with Gasteiger partial charge in [0.05, 0.1) is 18.1 Å². The fraction of sp³-hybridized carbons (Fsp3) is 0.571. The van der Waals surface area contributed by atoms with Crippen LogP contribution in [0.2, 0.25) is 0 Å². The predicted octanol–water partition coefficient (Wildman–Crippen LogP) is 1.93. The third kappa shape index (κ3) is 3.31. The van der Waals surface area contributed by atoms with E-state index in [0.717, 1.165) is 17.7 Å². The summed E-state index contributed by atoms with van der Waals surface area (Å²) in [5.41, 5.74) is 1.46. The largest absolute Gasteiger partial charge is 0.488 e. The number of primary sulfonamides is 1. The van der Waals surface area contributed by atoms with E-state index in [4.69, 9.17) is 14.6 Å². The van der Waals surface area contributed by atoms with Gasteiger partial charge in [-0.3, -0.25) is 0 Å². The van der Waals surface area contributed by atoms with Gasteiger partial charge in [0, 0.05) is 6.42 Å². The van der Waals surface area contributed by atoms with Gasteiger partial charge in [0.15, 0.2) is 0 Å². The Kier molecular flexibility index (Phi) is 4.36. The number of nitrogens with two attached hydrogens (primary N) is 1. The molecule has 0 spiro atoms. The van der Waals surface area contributed by atoms with Crippen molar-refractivity contribution in [2.45, 2.75) is 44.1 Å². The molecule has 1 aromatic rings. The van der Waals surface area contributed by atoms with E-state index in [1.807, 2.05) is 13.8 Å². The molecule has 1 aliphatic rings. The molecule has 0 radical (unpaired) electrons. The minimum Gasteiger partial charge on any atom is -0.488 e. The standard InChI is InChI=1S/C14H21NO4S/c1-9(2)12-7-14(20(15,16)17)10(3)6-13(12)19-11-4-5-18-8-11/h6-7,9,11H,4-5,8H2,1-3H3,(H2,15,16,17). The molecule has 0 saturated carbocycles. The first kappa shape index (κ1) is 15.3. The number of hydrogen-bond acceptors (Lipinski definition) is 4. The number of hydrogen-bond donors (Lipinski definition) is 1. The minimum absolute atomic E-state index is 0.0345. The lowest BCUT2D eigenvalue weighted by atomic mass is 10.0. The second kappa shape index (κ2) is 5.71. The summed E-state index contributed by atoms with van der Waals surface area (Å²) in [6, 6.07) is 3.38. The van der Waals surface area contributed by atoms with Crippen LogP contribution in [0.5, 0.6) is 5.75 Å². The van der Waals surface area contributed by atoms with Gasteiger partial charge < -0.3 is 9.47 Å². The molecule has 20 heavy (non-hydrogen) atoms. The van der Waals surface area contributed by atoms with Crippen LogP contribution in [0.1, 0.15) is 37.3 Å². The van der Waals surface area contributed by atoms with Crippen LogP contribution in [-0.4, -0.2) is 27.7 Å². The lowest BCUT2D eigenvalue weighted by molar-refractivity contribution is 0.140. The molecule has 112 valence electrons. The maximum absolute atomic E-state index is 11.6. The molecule has 0 bridgehead atoms. The summed E-state index contributed by atoms with van der Waals surface area (Å²) in [6.07, 6.45) is 0.889. The van der Waals surface area contributed by atoms with Crippen LogP contribution < -0.4 is 9.88 Å². The molecule has 0 amide bonds. The Morgan fingerprint density at radius 1 is 1.40 bits per heavy atom. The highest BCUT2D eigenvalue weighted by molar-refractivity contribution is 7.89. The van der Waals surface area contributed by atoms with Crippen molar-refractivity contribution >= 4 is 10.0 Å². The van der Waals surface area contributed by atoms with E-state index in [9.17, 15) is 8.42 Å². The van der Waals surface area contributed by atoms with E-state index in [-0.39, 0.29) is 16.9 Å². The fourth-order valence-electron chi connectivity index (χ4n) is 2.32. The SMILES string of the molecule is Cc1cc(OC2CCOC2)c(C(C)C)cc1S(N)(=O)=O. The molecule has 0 aliphatic carbocycles. The zero-order valence-electron chi connectivity index (χ0n) is 12.0. The van der Waals surface area contributed by atoms with Gasteiger partial charge in [-0.15, -0.1) is 0 Å². The van der Waals surface area contributed by atoms with Crippen LogP contribution in [0.15, 0.2) is 17.0 Å². The van der Waals surface area contributed by atoms with Crippen molar-refractivity contribution < 1.29 is 17.9 Å². The van der Waals surface area contributed by atoms with Crippen LogP contribution in [-0.2, 0) is 14.8 Å². The Hall–Kier alpha value is -1.11. The second-order valence-corrected chi connectivity index (χ2v) is 6.99. The normalized spacial score (nSPS) is 19.6. The highest BCUT2D eigenvalue weighted by Gasteiger charge is 2.22. The number of aryl methyl sites for hydroxylation is 1. The van der Waals surface area contributed by atoms with Crippen molar-refractivity contribution in [3.63, 3.8) is 0 Å². The molecule has 1 unspecified atom stereocenters. The molecule has 6 heteroatoms. The third-order valence-corrected chi connectivity index (χ3v) is 4.47. The average Bonchev–Trinajstić information content (AvgIpc) is 2.79. The topological polar surface area (TPSA) is 78.6 Å². The van der Waals surface area contributed by atoms with Crippen LogP contribution in [0.25, 0.3) is 0 Å². The number of ether oxygens (including phenoxy) is 2. The van der Waals surface area contributed by atoms with Crippen molar-refractivity contribution in [3.05, 3.63) is 23.3 Å². The summed E-state index contributed by atoms with van der Waals surface area (Å²) in [7, 11) is -3.71. The average molecular weight is 299 g/mol. The third-order valence-electron chi connectivity index (χ3n) is 3.42. The van der Waals surface area contributed by atoms with Gasteiger partial charge in [0.25, 0.3) is 0 Å². The molecule has 1 saturated heterocycles. The van der Waals surface area contributed by atoms with E-state index in [1.165, 1.54) is 0 Å². The molecular formula is C14H21NO4S. The molecule has 1 fully saturated rings. The van der Waals surface area contributed by atoms with Gasteiger partial charge in [0.1, 0.15) is 11.9 Å². The van der Waals surface area contributed by atoms with Gasteiger partial charge in [-0.2, -0.15) is 0 Å². The van der Waals surface area contributed by atoms with Crippen molar-refractivity contribution in [3.8, 4) is 5.75 Å². The zero-order valence-corrected chi connectivity index (χ0v) is 12.9. The second-order valence-electron chi connectivity index (χ2n) is 5.46. The predicted molar refractivity (Wildman–Crippen MR) is 76.5 cm³/mol. The number of rotatable bonds is 4. The Morgan fingerprint density at radius 2 is 2.10 bits per heavy atom. The molecule has 1 atom stereocenters. The molecule has 0 aromatic heterocycles. The summed E-state index contributed by atoms with van der Waals surface area (Å²) in [6.45, 7) is 7.00. The van der Waals surface area contributed by atoms with Crippen LogP contribution in [0.4, 0.5) is 0 Å². The number of benzene rings is 1. The van der Waals surface area contributed by atoms with E-state index in [2.05, 4.69) is 0 Å². The number of sulfonamides is 1. The maximum atomic E-state index is 11.6. The van der Waals surface area contributed by atoms with E-state index >= 15 is 0 Å². The van der Waals surface area contributed by atoms with Crippen molar-refractivity contribution in [2.24, 2.45) is 5.14 Å². The monoisotopic (exact) mass is 299 g/mol. The summed E-state index contributed by atoms with van der Waals surface area (Å²) >= 11 is 0. The van der Waals surface area contributed by atoms with Gasteiger partial charge in [-0.1, -0.05) is 13.8 Å². The molecule has 2 N–H and O–H groups in total. The lowest BCUT2D eigenvalue weighted by Gasteiger charge is -2.19. The smallest absolute Gasteiger partial charge is 0.238 e. The fourth-order valence-corrected chi connectivity index (χ4v) is 3.12.